The van der Waals surface area contributed by atoms with Gasteiger partial charge in [0.15, 0.2) is 0 Å². The quantitative estimate of drug-likeness (QED) is 0.556. The zero-order valence-electron chi connectivity index (χ0n) is 17.2. The highest BCUT2D eigenvalue weighted by atomic mass is 16.6. The van der Waals surface area contributed by atoms with Crippen molar-refractivity contribution in [3.05, 3.63) is 0 Å². The van der Waals surface area contributed by atoms with Crippen LogP contribution in [0.4, 0.5) is 9.59 Å². The van der Waals surface area contributed by atoms with E-state index in [1.165, 1.54) is 6.92 Å². The van der Waals surface area contributed by atoms with Crippen LogP contribution in [0.1, 0.15) is 61.8 Å². The molecule has 0 heterocycles. The molecule has 0 aromatic heterocycles. The Morgan fingerprint density at radius 2 is 1.19 bits per heavy atom. The Bertz CT molecular complexity index is 520. The van der Waals surface area contributed by atoms with Crippen molar-refractivity contribution in [2.75, 3.05) is 0 Å². The molecule has 0 aliphatic carbocycles. The molecule has 0 saturated heterocycles. The predicted molar refractivity (Wildman–Crippen MR) is 97.6 cm³/mol. The third kappa shape index (κ3) is 16.7. The molecule has 158 valence electrons. The number of aliphatic carboxylic acids is 2. The summed E-state index contributed by atoms with van der Waals surface area (Å²) < 4.78 is 9.75. The topological polar surface area (TPSA) is 151 Å². The van der Waals surface area contributed by atoms with Gasteiger partial charge in [0.1, 0.15) is 23.3 Å². The smallest absolute Gasteiger partial charge is 0.408 e. The summed E-state index contributed by atoms with van der Waals surface area (Å²) in [6.45, 7) is 13.3. The zero-order valence-corrected chi connectivity index (χ0v) is 17.2. The van der Waals surface area contributed by atoms with E-state index in [4.69, 9.17) is 19.7 Å². The minimum Gasteiger partial charge on any atom is -0.480 e. The van der Waals surface area contributed by atoms with Crippen LogP contribution in [0.3, 0.4) is 0 Å². The van der Waals surface area contributed by atoms with Gasteiger partial charge in [-0.1, -0.05) is 6.92 Å². The van der Waals surface area contributed by atoms with Crippen LogP contribution < -0.4 is 10.6 Å². The van der Waals surface area contributed by atoms with Crippen molar-refractivity contribution in [1.29, 1.82) is 0 Å². The first kappa shape index (κ1) is 26.7. The lowest BCUT2D eigenvalue weighted by Gasteiger charge is -2.21. The Kier molecular flexibility index (Phi) is 11.1. The molecule has 0 aromatic carbocycles. The highest BCUT2D eigenvalue weighted by molar-refractivity contribution is 5.80. The molecule has 0 bridgehead atoms. The van der Waals surface area contributed by atoms with Gasteiger partial charge in [-0.3, -0.25) is 4.79 Å². The molecule has 0 aromatic rings. The van der Waals surface area contributed by atoms with E-state index < -0.39 is 47.4 Å². The molecule has 27 heavy (non-hydrogen) atoms. The number of ether oxygens (including phenoxy) is 2. The number of carbonyl (C=O) groups excluding carboxylic acids is 2. The van der Waals surface area contributed by atoms with Crippen LogP contribution in [0.15, 0.2) is 0 Å². The van der Waals surface area contributed by atoms with Crippen LogP contribution in [-0.2, 0) is 19.1 Å². The van der Waals surface area contributed by atoms with Crippen LogP contribution in [-0.4, -0.2) is 57.6 Å². The van der Waals surface area contributed by atoms with Crippen molar-refractivity contribution >= 4 is 24.1 Å². The molecule has 4 N–H and O–H groups in total. The summed E-state index contributed by atoms with van der Waals surface area (Å²) in [4.78, 5) is 43.0. The maximum Gasteiger partial charge on any atom is 0.408 e. The first-order chi connectivity index (χ1) is 12.0. The summed E-state index contributed by atoms with van der Waals surface area (Å²) in [7, 11) is 0. The Balaban J connectivity index is 0. The second-order valence-electron chi connectivity index (χ2n) is 7.65. The number of alkyl carbamates (subject to hydrolysis) is 2. The average Bonchev–Trinajstić information content (AvgIpc) is 2.40. The second-order valence-corrected chi connectivity index (χ2v) is 7.65. The van der Waals surface area contributed by atoms with Crippen LogP contribution in [0.2, 0.25) is 0 Å². The monoisotopic (exact) mass is 392 g/mol. The maximum atomic E-state index is 11.1. The van der Waals surface area contributed by atoms with E-state index in [2.05, 4.69) is 10.6 Å². The molecule has 0 fully saturated rings. The van der Waals surface area contributed by atoms with Crippen LogP contribution in [0.5, 0.6) is 0 Å². The number of carbonyl (C=O) groups is 4. The number of carboxylic acids is 2. The average molecular weight is 392 g/mol. The van der Waals surface area contributed by atoms with Crippen LogP contribution >= 0.6 is 0 Å². The Hall–Kier alpha value is -2.52. The first-order valence-electron chi connectivity index (χ1n) is 8.43. The summed E-state index contributed by atoms with van der Waals surface area (Å²) in [5.74, 6) is -2.15. The van der Waals surface area contributed by atoms with Gasteiger partial charge in [0, 0.05) is 0 Å². The number of amides is 2. The predicted octanol–water partition coefficient (Wildman–Crippen LogP) is 2.36. The molecule has 0 aliphatic rings. The Morgan fingerprint density at radius 1 is 0.815 bits per heavy atom. The van der Waals surface area contributed by atoms with Crippen LogP contribution in [0, 0.1) is 0 Å². The molecule has 2 atom stereocenters. The fraction of sp³-hybridized carbons (Fsp3) is 0.765. The van der Waals surface area contributed by atoms with E-state index in [1.54, 1.807) is 48.5 Å². The Labute approximate surface area is 159 Å². The number of carboxylic acid groups (broad SMARTS) is 2. The van der Waals surface area contributed by atoms with Crippen molar-refractivity contribution in [2.24, 2.45) is 0 Å². The minimum absolute atomic E-state index is 0.328. The number of hydrogen-bond acceptors (Lipinski definition) is 6. The molecule has 0 rings (SSSR count). The van der Waals surface area contributed by atoms with E-state index in [-0.39, 0.29) is 0 Å². The third-order valence-corrected chi connectivity index (χ3v) is 2.50. The second kappa shape index (κ2) is 11.2. The molecule has 2 amide bonds. The summed E-state index contributed by atoms with van der Waals surface area (Å²) in [6.07, 6.45) is -1.09. The molecule has 0 unspecified atom stereocenters. The van der Waals surface area contributed by atoms with Gasteiger partial charge < -0.3 is 30.3 Å². The van der Waals surface area contributed by atoms with Gasteiger partial charge in [0.2, 0.25) is 0 Å². The Morgan fingerprint density at radius 3 is 1.44 bits per heavy atom. The summed E-state index contributed by atoms with van der Waals surface area (Å²) in [5, 5.41) is 21.5. The standard InChI is InChI=1S/C9H17NO4.C8H15NO4/c1-5-6(7(11)12)10-8(13)14-9(2,3)4;1-5(6(10)11)9-7(12)13-8(2,3)4/h6H,5H2,1-4H3,(H,10,13)(H,11,12);5H,1-4H3,(H,9,12)(H,10,11)/t6-;5-/m11/s1. The van der Waals surface area contributed by atoms with Gasteiger partial charge in [-0.05, 0) is 54.9 Å². The fourth-order valence-electron chi connectivity index (χ4n) is 1.33. The molecule has 0 spiro atoms. The number of nitrogens with one attached hydrogen (secondary N) is 2. The highest BCUT2D eigenvalue weighted by Gasteiger charge is 2.22. The highest BCUT2D eigenvalue weighted by Crippen LogP contribution is 2.07. The lowest BCUT2D eigenvalue weighted by Crippen LogP contribution is -2.43. The van der Waals surface area contributed by atoms with Crippen molar-refractivity contribution < 1.29 is 38.9 Å². The van der Waals surface area contributed by atoms with E-state index in [9.17, 15) is 19.2 Å². The molecular formula is C17H32N2O8. The fourth-order valence-corrected chi connectivity index (χ4v) is 1.33. The lowest BCUT2D eigenvalue weighted by atomic mass is 10.2. The normalized spacial score (nSPS) is 13.2. The first-order valence-corrected chi connectivity index (χ1v) is 8.43. The third-order valence-electron chi connectivity index (χ3n) is 2.50. The van der Waals surface area contributed by atoms with Crippen molar-refractivity contribution in [2.45, 2.75) is 85.1 Å². The summed E-state index contributed by atoms with van der Waals surface area (Å²) in [6, 6.07) is -1.82. The molecule has 0 saturated carbocycles. The molecule has 10 nitrogen and oxygen atoms in total. The van der Waals surface area contributed by atoms with E-state index >= 15 is 0 Å². The lowest BCUT2D eigenvalue weighted by molar-refractivity contribution is -0.140. The van der Waals surface area contributed by atoms with Crippen molar-refractivity contribution in [3.8, 4) is 0 Å². The molecular weight excluding hydrogens is 360 g/mol. The van der Waals surface area contributed by atoms with Gasteiger partial charge >= 0.3 is 24.1 Å². The van der Waals surface area contributed by atoms with Gasteiger partial charge in [0.25, 0.3) is 0 Å². The largest absolute Gasteiger partial charge is 0.480 e. The summed E-state index contributed by atoms with van der Waals surface area (Å²) in [5.41, 5.74) is -1.22. The van der Waals surface area contributed by atoms with Gasteiger partial charge in [-0.25, -0.2) is 14.4 Å². The van der Waals surface area contributed by atoms with E-state index in [0.29, 0.717) is 6.42 Å². The van der Waals surface area contributed by atoms with E-state index in [0.717, 1.165) is 0 Å². The van der Waals surface area contributed by atoms with Gasteiger partial charge in [-0.15, -0.1) is 0 Å². The minimum atomic E-state index is -1.09. The maximum absolute atomic E-state index is 11.1. The number of hydrogen-bond donors (Lipinski definition) is 4. The number of rotatable bonds is 5. The van der Waals surface area contributed by atoms with Gasteiger partial charge in [-0.2, -0.15) is 0 Å². The van der Waals surface area contributed by atoms with Crippen molar-refractivity contribution in [3.63, 3.8) is 0 Å². The zero-order chi connectivity index (χ0) is 22.0. The van der Waals surface area contributed by atoms with E-state index in [1.807, 2.05) is 0 Å². The molecule has 10 heteroatoms. The SMILES string of the molecule is CC[C@@H](NC(=O)OC(C)(C)C)C(=O)O.C[C@@H](NC(=O)OC(C)(C)C)C(=O)O. The molecule has 0 aliphatic heterocycles. The van der Waals surface area contributed by atoms with Crippen molar-refractivity contribution in [1.82, 2.24) is 10.6 Å². The van der Waals surface area contributed by atoms with Gasteiger partial charge in [0.05, 0.1) is 0 Å². The van der Waals surface area contributed by atoms with Crippen LogP contribution in [0.25, 0.3) is 0 Å². The summed E-state index contributed by atoms with van der Waals surface area (Å²) >= 11 is 0. The molecule has 0 radical (unpaired) electrons.